The fourth-order valence-electron chi connectivity index (χ4n) is 6.04. The minimum absolute atomic E-state index is 0. The van der Waals surface area contributed by atoms with Crippen LogP contribution in [0.2, 0.25) is 0 Å². The minimum Gasteiger partial charge on any atom is -1.00 e. The highest BCUT2D eigenvalue weighted by Crippen LogP contribution is 2.28. The Bertz CT molecular complexity index is 977. The van der Waals surface area contributed by atoms with E-state index in [1.807, 2.05) is 35.0 Å². The van der Waals surface area contributed by atoms with Crippen LogP contribution >= 0.6 is 0 Å². The first-order valence-corrected chi connectivity index (χ1v) is 16.7. The molecule has 0 amide bonds. The van der Waals surface area contributed by atoms with E-state index < -0.39 is 0 Å². The first kappa shape index (κ1) is 35.5. The van der Waals surface area contributed by atoms with Crippen molar-refractivity contribution in [2.45, 2.75) is 142 Å². The van der Waals surface area contributed by atoms with Gasteiger partial charge in [-0.25, -0.2) is 4.79 Å². The van der Waals surface area contributed by atoms with E-state index in [1.165, 1.54) is 109 Å². The molecular weight excluding hydrogens is 576 g/mol. The number of esters is 1. The van der Waals surface area contributed by atoms with Crippen LogP contribution in [0.1, 0.15) is 134 Å². The Morgan fingerprint density at radius 3 is 1.95 bits per heavy atom. The van der Waals surface area contributed by atoms with Crippen molar-refractivity contribution in [3.63, 3.8) is 0 Å². The van der Waals surface area contributed by atoms with Gasteiger partial charge in [-0.3, -0.25) is 4.90 Å². The number of likely N-dealkylation sites (tertiary alicyclic amines) is 1. The fraction of sp³-hybridized carbons (Fsp3) is 0.714. The number of nitrogens with zero attached hydrogens (tertiary/aromatic N) is 2. The molecule has 3 rings (SSSR count). The maximum Gasteiger partial charge on any atom is 0.372 e. The lowest BCUT2D eigenvalue weighted by Crippen LogP contribution is -3.00. The lowest BCUT2D eigenvalue weighted by molar-refractivity contribution is -0.660. The summed E-state index contributed by atoms with van der Waals surface area (Å²) in [5, 5.41) is 12.0. The fourth-order valence-corrected chi connectivity index (χ4v) is 6.04. The number of pyridine rings is 1. The third-order valence-electron chi connectivity index (χ3n) is 8.50. The smallest absolute Gasteiger partial charge is 0.372 e. The average molecular weight is 634 g/mol. The molecule has 5 nitrogen and oxygen atoms in total. The SMILES string of the molecule is CCCCCCCCCCCCCCCCCCOC(=O)C[n+]1cccc2ccc(CN3CCCCC3)c(O)c21.[Br-]. The number of carbonyl (C=O) groups excluding carboxylic acids is 1. The number of aromatic hydroxyl groups is 1. The van der Waals surface area contributed by atoms with Crippen molar-refractivity contribution in [3.05, 3.63) is 36.0 Å². The number of phenols is 1. The number of phenolic OH excluding ortho intramolecular Hbond substituents is 1. The van der Waals surface area contributed by atoms with Crippen LogP contribution in [0.25, 0.3) is 10.9 Å². The largest absolute Gasteiger partial charge is 1.00 e. The zero-order valence-electron chi connectivity index (χ0n) is 25.9. The average Bonchev–Trinajstić information content (AvgIpc) is 2.97. The van der Waals surface area contributed by atoms with Crippen LogP contribution in [0.3, 0.4) is 0 Å². The van der Waals surface area contributed by atoms with Crippen molar-refractivity contribution in [2.24, 2.45) is 0 Å². The molecule has 0 bridgehead atoms. The summed E-state index contributed by atoms with van der Waals surface area (Å²) in [5.74, 6) is 0.0496. The zero-order chi connectivity index (χ0) is 28.3. The van der Waals surface area contributed by atoms with Gasteiger partial charge < -0.3 is 26.8 Å². The van der Waals surface area contributed by atoms with Crippen molar-refractivity contribution >= 4 is 16.9 Å². The number of aromatic nitrogens is 1. The molecule has 0 aliphatic carbocycles. The van der Waals surface area contributed by atoms with E-state index in [4.69, 9.17) is 4.74 Å². The summed E-state index contributed by atoms with van der Waals surface area (Å²) in [5.41, 5.74) is 1.65. The van der Waals surface area contributed by atoms with Crippen LogP contribution in [0.15, 0.2) is 30.5 Å². The van der Waals surface area contributed by atoms with Gasteiger partial charge in [0, 0.05) is 18.2 Å². The number of halogens is 1. The number of fused-ring (bicyclic) bond motifs is 1. The van der Waals surface area contributed by atoms with Crippen LogP contribution in [0, 0.1) is 0 Å². The van der Waals surface area contributed by atoms with Gasteiger partial charge in [-0.1, -0.05) is 116 Å². The number of unbranched alkanes of at least 4 members (excludes halogenated alkanes) is 15. The van der Waals surface area contributed by atoms with Gasteiger partial charge in [0.1, 0.15) is 0 Å². The molecule has 2 aromatic rings. The lowest BCUT2D eigenvalue weighted by Gasteiger charge is -2.26. The van der Waals surface area contributed by atoms with E-state index in [-0.39, 0.29) is 35.2 Å². The number of benzene rings is 1. The zero-order valence-corrected chi connectivity index (χ0v) is 27.5. The molecule has 0 saturated carbocycles. The summed E-state index contributed by atoms with van der Waals surface area (Å²) in [6, 6.07) is 7.98. The molecule has 1 aromatic carbocycles. The minimum atomic E-state index is -0.237. The van der Waals surface area contributed by atoms with Crippen molar-refractivity contribution in [3.8, 4) is 5.75 Å². The summed E-state index contributed by atoms with van der Waals surface area (Å²) in [6.07, 6.45) is 26.9. The molecule has 1 fully saturated rings. The summed E-state index contributed by atoms with van der Waals surface area (Å²) in [7, 11) is 0. The third-order valence-corrected chi connectivity index (χ3v) is 8.50. The van der Waals surface area contributed by atoms with Gasteiger partial charge in [-0.2, -0.15) is 4.57 Å². The summed E-state index contributed by atoms with van der Waals surface area (Å²) < 4.78 is 7.39. The Balaban J connectivity index is 0.00000588. The first-order valence-electron chi connectivity index (χ1n) is 16.7. The second-order valence-corrected chi connectivity index (χ2v) is 12.0. The van der Waals surface area contributed by atoms with E-state index in [0.29, 0.717) is 6.61 Å². The Labute approximate surface area is 260 Å². The molecule has 232 valence electrons. The molecule has 0 spiro atoms. The Morgan fingerprint density at radius 2 is 1.37 bits per heavy atom. The summed E-state index contributed by atoms with van der Waals surface area (Å²) >= 11 is 0. The predicted octanol–water partition coefficient (Wildman–Crippen LogP) is 5.63. The van der Waals surface area contributed by atoms with Crippen molar-refractivity contribution < 1.29 is 36.2 Å². The first-order chi connectivity index (χ1) is 19.7. The van der Waals surface area contributed by atoms with E-state index in [0.717, 1.165) is 48.9 Å². The highest BCUT2D eigenvalue weighted by atomic mass is 79.9. The van der Waals surface area contributed by atoms with Gasteiger partial charge >= 0.3 is 5.97 Å². The molecule has 1 aromatic heterocycles. The van der Waals surface area contributed by atoms with Gasteiger partial charge in [0.05, 0.1) is 12.0 Å². The van der Waals surface area contributed by atoms with E-state index in [2.05, 4.69) is 11.8 Å². The Hall–Kier alpha value is -1.66. The van der Waals surface area contributed by atoms with Gasteiger partial charge in [0.2, 0.25) is 6.54 Å². The molecule has 1 N–H and O–H groups in total. The number of ether oxygens (including phenoxy) is 1. The number of carbonyl (C=O) groups is 1. The molecule has 2 heterocycles. The lowest BCUT2D eigenvalue weighted by atomic mass is 10.0. The third kappa shape index (κ3) is 13.9. The molecule has 1 aliphatic heterocycles. The second-order valence-electron chi connectivity index (χ2n) is 12.0. The topological polar surface area (TPSA) is 53.7 Å². The highest BCUT2D eigenvalue weighted by Gasteiger charge is 2.21. The molecule has 6 heteroatoms. The van der Waals surface area contributed by atoms with E-state index >= 15 is 0 Å². The van der Waals surface area contributed by atoms with E-state index in [1.54, 1.807) is 0 Å². The van der Waals surface area contributed by atoms with Gasteiger partial charge in [-0.15, -0.1) is 0 Å². The monoisotopic (exact) mass is 632 g/mol. The van der Waals surface area contributed by atoms with Crippen LogP contribution in [-0.2, 0) is 22.6 Å². The van der Waals surface area contributed by atoms with Gasteiger partial charge in [0.15, 0.2) is 11.9 Å². The Morgan fingerprint density at radius 1 is 0.805 bits per heavy atom. The van der Waals surface area contributed by atoms with Crippen molar-refractivity contribution in [2.75, 3.05) is 19.7 Å². The predicted molar refractivity (Wildman–Crippen MR) is 165 cm³/mol. The summed E-state index contributed by atoms with van der Waals surface area (Å²) in [4.78, 5) is 15.0. The van der Waals surface area contributed by atoms with Gasteiger partial charge in [0.25, 0.3) is 5.52 Å². The van der Waals surface area contributed by atoms with Crippen molar-refractivity contribution in [1.82, 2.24) is 4.90 Å². The number of hydrogen-bond donors (Lipinski definition) is 1. The van der Waals surface area contributed by atoms with Crippen LogP contribution < -0.4 is 21.5 Å². The molecule has 41 heavy (non-hydrogen) atoms. The number of hydrogen-bond acceptors (Lipinski definition) is 4. The summed E-state index contributed by atoms with van der Waals surface area (Å²) in [6.45, 7) is 5.80. The van der Waals surface area contributed by atoms with Gasteiger partial charge in [-0.05, 0) is 44.5 Å². The van der Waals surface area contributed by atoms with Crippen LogP contribution in [0.4, 0.5) is 0 Å². The molecule has 1 aliphatic rings. The normalized spacial score (nSPS) is 13.8. The van der Waals surface area contributed by atoms with Crippen LogP contribution in [0.5, 0.6) is 5.75 Å². The maximum absolute atomic E-state index is 12.6. The van der Waals surface area contributed by atoms with Crippen LogP contribution in [-0.4, -0.2) is 35.7 Å². The number of piperidine rings is 1. The number of rotatable bonds is 21. The standard InChI is InChI=1S/C35H56N2O3.BrH/c1-2-3-4-5-6-7-8-9-10-11-12-13-14-15-16-20-28-40-33(38)30-37-27-21-22-31-23-24-32(35(39)34(31)37)29-36-25-18-17-19-26-36;/h21-24,27H,2-20,25-26,28-30H2,1H3;1H. The highest BCUT2D eigenvalue weighted by molar-refractivity contribution is 5.83. The molecule has 0 atom stereocenters. The quantitative estimate of drug-likeness (QED) is 0.110. The molecule has 1 saturated heterocycles. The Kier molecular flexibility index (Phi) is 19.0. The second kappa shape index (κ2) is 22.0. The molecule has 0 unspecified atom stereocenters. The molecule has 0 radical (unpaired) electrons. The maximum atomic E-state index is 12.6. The van der Waals surface area contributed by atoms with E-state index in [9.17, 15) is 9.90 Å². The van der Waals surface area contributed by atoms with Crippen molar-refractivity contribution in [1.29, 1.82) is 0 Å². The molecular formula is C35H57BrN2O3.